The van der Waals surface area contributed by atoms with Crippen molar-refractivity contribution in [3.05, 3.63) is 42.1 Å². The monoisotopic (exact) mass is 582 g/mol. The van der Waals surface area contributed by atoms with Gasteiger partial charge in [0.2, 0.25) is 0 Å². The minimum Gasteiger partial charge on any atom is -0.147 e. The molecule has 2 aliphatic carbocycles. The summed E-state index contributed by atoms with van der Waals surface area (Å²) >= 11 is -3.25. The van der Waals surface area contributed by atoms with Crippen LogP contribution < -0.4 is 0 Å². The van der Waals surface area contributed by atoms with Gasteiger partial charge in [-0.2, -0.15) is 0 Å². The first-order valence-corrected chi connectivity index (χ1v) is 29.0. The van der Waals surface area contributed by atoms with Gasteiger partial charge in [-0.25, -0.2) is 0 Å². The fourth-order valence-corrected chi connectivity index (χ4v) is 26.6. The molecule has 0 saturated heterocycles. The third-order valence-corrected chi connectivity index (χ3v) is 29.7. The third-order valence-electron chi connectivity index (χ3n) is 6.29. The first-order valence-electron chi connectivity index (χ1n) is 9.93. The number of hydrogen-bond acceptors (Lipinski definition) is 0. The topological polar surface area (TPSA) is 0 Å². The van der Waals surface area contributed by atoms with Gasteiger partial charge in [0.1, 0.15) is 0 Å². The van der Waals surface area contributed by atoms with Crippen LogP contribution in [-0.2, 0) is 17.1 Å². The maximum atomic E-state index is 2.71. The Labute approximate surface area is 177 Å². The van der Waals surface area contributed by atoms with E-state index in [4.69, 9.17) is 0 Å². The van der Waals surface area contributed by atoms with Crippen molar-refractivity contribution in [2.24, 2.45) is 23.7 Å². The zero-order valence-electron chi connectivity index (χ0n) is 18.1. The van der Waals surface area contributed by atoms with E-state index < -0.39 is 17.1 Å². The SMILES string of the molecule is CCC1=CC(C(C)C)[C]([Hf]([CH3])([CH3])(=[SiH2])[C]2=CC(CC)=CC2C(C)C)=C1.Cl.Cl. The first-order chi connectivity index (χ1) is 11.0. The molecule has 0 N–H and O–H groups in total. The molecule has 2 unspecified atom stereocenters. The predicted octanol–water partition coefficient (Wildman–Crippen LogP) is 7.18. The summed E-state index contributed by atoms with van der Waals surface area (Å²) in [7, 11) is 0. The Hall–Kier alpha value is 0.627. The van der Waals surface area contributed by atoms with E-state index >= 15 is 0 Å². The van der Waals surface area contributed by atoms with Gasteiger partial charge in [-0.1, -0.05) is 0 Å². The van der Waals surface area contributed by atoms with Crippen molar-refractivity contribution >= 4 is 31.8 Å². The molecule has 0 heterocycles. The molecule has 0 aromatic rings. The number of allylic oxidation sites excluding steroid dienone is 8. The van der Waals surface area contributed by atoms with Crippen LogP contribution in [0.5, 0.6) is 0 Å². The molecular weight excluding hydrogens is 542 g/mol. The summed E-state index contributed by atoms with van der Waals surface area (Å²) in [5, 5.41) is 0. The molecule has 0 saturated carbocycles. The summed E-state index contributed by atoms with van der Waals surface area (Å²) in [5.41, 5.74) is 3.15. The molecule has 150 valence electrons. The van der Waals surface area contributed by atoms with Crippen LogP contribution >= 0.6 is 24.8 Å². The standard InChI is InChI=1S/2C10H15.2CH3.2ClH.Hf.H2Si/c2*1-4-9-5-6-10(7-9)8(2)3;;;;;;/h2*5,7-8,10H,4H2,1-3H3;2*1H3;2*1H;;1H2. The summed E-state index contributed by atoms with van der Waals surface area (Å²) in [6.07, 6.45) is 12.8. The van der Waals surface area contributed by atoms with E-state index in [-0.39, 0.29) is 24.8 Å². The van der Waals surface area contributed by atoms with E-state index in [2.05, 4.69) is 82.1 Å². The van der Waals surface area contributed by atoms with E-state index in [0.29, 0.717) is 23.7 Å². The molecule has 2 atom stereocenters. The Morgan fingerprint density at radius 3 is 1.35 bits per heavy atom. The number of hydrogen-bond donors (Lipinski definition) is 0. The second kappa shape index (κ2) is 9.42. The minimum absolute atomic E-state index is 0. The maximum Gasteiger partial charge on any atom is -0.147 e. The van der Waals surface area contributed by atoms with E-state index in [1.807, 2.05) is 6.66 Å². The van der Waals surface area contributed by atoms with Crippen molar-refractivity contribution in [3.63, 3.8) is 0 Å². The Balaban J connectivity index is 0.00000312. The van der Waals surface area contributed by atoms with Crippen molar-refractivity contribution in [3.8, 4) is 0 Å². The van der Waals surface area contributed by atoms with Crippen molar-refractivity contribution in [2.75, 3.05) is 0 Å². The van der Waals surface area contributed by atoms with Crippen LogP contribution in [0.3, 0.4) is 0 Å². The van der Waals surface area contributed by atoms with Gasteiger partial charge in [-0.15, -0.1) is 24.8 Å². The zero-order valence-corrected chi connectivity index (χ0v) is 24.7. The first kappa shape index (κ1) is 26.6. The van der Waals surface area contributed by atoms with Crippen LogP contribution in [0.15, 0.2) is 42.1 Å². The molecule has 0 amide bonds. The molecule has 0 aliphatic heterocycles. The second-order valence-electron chi connectivity index (χ2n) is 9.61. The molecule has 0 aromatic heterocycles. The summed E-state index contributed by atoms with van der Waals surface area (Å²) in [4.78, 5) is 0. The van der Waals surface area contributed by atoms with Crippen molar-refractivity contribution < 1.29 is 17.1 Å². The molecule has 0 radical (unpaired) electrons. The summed E-state index contributed by atoms with van der Waals surface area (Å²) in [6, 6.07) is 0. The van der Waals surface area contributed by atoms with Gasteiger partial charge in [0.25, 0.3) is 0 Å². The normalized spacial score (nSPS) is 23.2. The van der Waals surface area contributed by atoms with Crippen LogP contribution in [0.1, 0.15) is 54.4 Å². The van der Waals surface area contributed by atoms with Crippen LogP contribution in [0, 0.1) is 23.7 Å². The Morgan fingerprint density at radius 2 is 1.12 bits per heavy atom. The van der Waals surface area contributed by atoms with E-state index in [1.165, 1.54) is 12.8 Å². The van der Waals surface area contributed by atoms with Gasteiger partial charge in [0, 0.05) is 0 Å². The Bertz CT molecular complexity index is 648. The van der Waals surface area contributed by atoms with E-state index in [1.54, 1.807) is 11.1 Å². The van der Waals surface area contributed by atoms with Gasteiger partial charge in [0.15, 0.2) is 0 Å². The molecular formula is C22H40Cl2HfSi. The largest absolute Gasteiger partial charge is 0.147 e. The average molecular weight is 582 g/mol. The van der Waals surface area contributed by atoms with E-state index in [0.717, 1.165) is 0 Å². The zero-order chi connectivity index (χ0) is 18.3. The van der Waals surface area contributed by atoms with Crippen LogP contribution in [0.2, 0.25) is 9.36 Å². The maximum absolute atomic E-state index is 3.25. The molecule has 2 rings (SSSR count). The third kappa shape index (κ3) is 4.96. The van der Waals surface area contributed by atoms with Crippen LogP contribution in [0.4, 0.5) is 0 Å². The van der Waals surface area contributed by atoms with Gasteiger partial charge in [0.05, 0.1) is 0 Å². The molecule has 0 spiro atoms. The second-order valence-corrected chi connectivity index (χ2v) is 50.4. The Morgan fingerprint density at radius 1 is 0.808 bits per heavy atom. The van der Waals surface area contributed by atoms with Gasteiger partial charge in [-0.3, -0.25) is 0 Å². The minimum atomic E-state index is -3.25. The van der Waals surface area contributed by atoms with Gasteiger partial charge in [-0.05, 0) is 0 Å². The molecule has 0 aromatic carbocycles. The average Bonchev–Trinajstić information content (AvgIpc) is 3.12. The molecule has 4 heteroatoms. The summed E-state index contributed by atoms with van der Waals surface area (Å²) in [6.45, 7) is 16.7. The fourth-order valence-electron chi connectivity index (χ4n) is 4.57. The summed E-state index contributed by atoms with van der Waals surface area (Å²) in [5.74, 6) is 2.75. The summed E-state index contributed by atoms with van der Waals surface area (Å²) < 4.78 is 9.10. The molecule has 0 bridgehead atoms. The van der Waals surface area contributed by atoms with Crippen molar-refractivity contribution in [1.29, 1.82) is 0 Å². The van der Waals surface area contributed by atoms with Gasteiger partial charge >= 0.3 is 154 Å². The molecule has 26 heavy (non-hydrogen) atoms. The number of halogens is 2. The smallest absolute Gasteiger partial charge is 0.147 e. The molecule has 2 aliphatic rings. The van der Waals surface area contributed by atoms with Crippen molar-refractivity contribution in [1.82, 2.24) is 0 Å². The molecule has 0 nitrogen and oxygen atoms in total. The van der Waals surface area contributed by atoms with Crippen molar-refractivity contribution in [2.45, 2.75) is 63.7 Å². The molecule has 0 fully saturated rings. The van der Waals surface area contributed by atoms with E-state index in [9.17, 15) is 0 Å². The Kier molecular flexibility index (Phi) is 9.64. The van der Waals surface area contributed by atoms with Crippen LogP contribution in [0.25, 0.3) is 0 Å². The quantitative estimate of drug-likeness (QED) is 0.292. The van der Waals surface area contributed by atoms with Gasteiger partial charge < -0.3 is 0 Å². The van der Waals surface area contributed by atoms with Crippen LogP contribution in [-0.4, -0.2) is 6.94 Å². The predicted molar refractivity (Wildman–Crippen MR) is 124 cm³/mol. The number of rotatable bonds is 6. The fraction of sp³-hybridized carbons (Fsp3) is 0.636.